The minimum atomic E-state index is -0.234. The standard InChI is InChI=1S/C20H27NO4/c1-20(9-13-24-14-10-20)25-15-19(22)21-11-7-16(8-12-21)17-5-3-4-6-18(17)23-2/h3-7H,8-15H2,1-2H3. The summed E-state index contributed by atoms with van der Waals surface area (Å²) >= 11 is 0. The Morgan fingerprint density at radius 1 is 1.28 bits per heavy atom. The highest BCUT2D eigenvalue weighted by Gasteiger charge is 2.30. The van der Waals surface area contributed by atoms with Crippen LogP contribution in [-0.4, -0.2) is 56.4 Å². The summed E-state index contributed by atoms with van der Waals surface area (Å²) in [5, 5.41) is 0. The number of para-hydroxylation sites is 1. The number of nitrogens with zero attached hydrogens (tertiary/aromatic N) is 1. The molecule has 0 N–H and O–H groups in total. The normalized spacial score (nSPS) is 20.1. The molecular formula is C20H27NO4. The fraction of sp³-hybridized carbons (Fsp3) is 0.550. The number of hydrogen-bond donors (Lipinski definition) is 0. The molecule has 0 aromatic heterocycles. The van der Waals surface area contributed by atoms with E-state index in [1.54, 1.807) is 7.11 Å². The minimum Gasteiger partial charge on any atom is -0.496 e. The monoisotopic (exact) mass is 345 g/mol. The zero-order valence-corrected chi connectivity index (χ0v) is 15.1. The molecule has 25 heavy (non-hydrogen) atoms. The second kappa shape index (κ2) is 8.02. The Morgan fingerprint density at radius 2 is 2.04 bits per heavy atom. The van der Waals surface area contributed by atoms with Crippen LogP contribution >= 0.6 is 0 Å². The average molecular weight is 345 g/mol. The van der Waals surface area contributed by atoms with E-state index in [2.05, 4.69) is 19.1 Å². The van der Waals surface area contributed by atoms with E-state index in [1.807, 2.05) is 23.1 Å². The van der Waals surface area contributed by atoms with Crippen molar-refractivity contribution in [2.24, 2.45) is 0 Å². The van der Waals surface area contributed by atoms with Gasteiger partial charge in [0, 0.05) is 31.9 Å². The SMILES string of the molecule is COc1ccccc1C1=CCN(C(=O)COC2(C)CCOCC2)CC1. The molecule has 1 aromatic rings. The molecule has 0 atom stereocenters. The van der Waals surface area contributed by atoms with Gasteiger partial charge in [-0.05, 0) is 37.8 Å². The van der Waals surface area contributed by atoms with Crippen LogP contribution in [0.15, 0.2) is 30.3 Å². The Labute approximate surface area is 149 Å². The number of carbonyl (C=O) groups is 1. The van der Waals surface area contributed by atoms with Crippen molar-refractivity contribution >= 4 is 11.5 Å². The molecule has 1 aromatic carbocycles. The van der Waals surface area contributed by atoms with Gasteiger partial charge in [0.1, 0.15) is 12.4 Å². The van der Waals surface area contributed by atoms with Gasteiger partial charge in [0.15, 0.2) is 0 Å². The Hall–Kier alpha value is -1.85. The predicted octanol–water partition coefficient (Wildman–Crippen LogP) is 2.90. The summed E-state index contributed by atoms with van der Waals surface area (Å²) in [7, 11) is 1.69. The molecule has 1 saturated heterocycles. The first-order valence-electron chi connectivity index (χ1n) is 8.93. The molecule has 1 amide bonds. The molecule has 0 aliphatic carbocycles. The topological polar surface area (TPSA) is 48.0 Å². The summed E-state index contributed by atoms with van der Waals surface area (Å²) in [5.74, 6) is 0.937. The number of amides is 1. The number of benzene rings is 1. The maximum absolute atomic E-state index is 12.5. The van der Waals surface area contributed by atoms with Crippen LogP contribution < -0.4 is 4.74 Å². The third kappa shape index (κ3) is 4.41. The Kier molecular flexibility index (Phi) is 5.76. The fourth-order valence-corrected chi connectivity index (χ4v) is 3.33. The quantitative estimate of drug-likeness (QED) is 0.823. The van der Waals surface area contributed by atoms with Crippen LogP contribution in [0.4, 0.5) is 0 Å². The molecule has 3 rings (SSSR count). The van der Waals surface area contributed by atoms with E-state index in [0.717, 1.165) is 30.6 Å². The maximum atomic E-state index is 12.5. The second-order valence-corrected chi connectivity index (χ2v) is 6.87. The molecule has 2 aliphatic rings. The Morgan fingerprint density at radius 3 is 2.72 bits per heavy atom. The lowest BCUT2D eigenvalue weighted by Gasteiger charge is -2.34. The van der Waals surface area contributed by atoms with E-state index < -0.39 is 0 Å². The second-order valence-electron chi connectivity index (χ2n) is 6.87. The molecule has 0 bridgehead atoms. The average Bonchev–Trinajstić information content (AvgIpc) is 2.67. The molecule has 2 aliphatic heterocycles. The fourth-order valence-electron chi connectivity index (χ4n) is 3.33. The van der Waals surface area contributed by atoms with Gasteiger partial charge < -0.3 is 19.1 Å². The van der Waals surface area contributed by atoms with Gasteiger partial charge in [-0.3, -0.25) is 4.79 Å². The smallest absolute Gasteiger partial charge is 0.248 e. The van der Waals surface area contributed by atoms with Gasteiger partial charge in [-0.25, -0.2) is 0 Å². The van der Waals surface area contributed by atoms with Crippen molar-refractivity contribution in [1.82, 2.24) is 4.90 Å². The van der Waals surface area contributed by atoms with Gasteiger partial charge in [0.25, 0.3) is 0 Å². The summed E-state index contributed by atoms with van der Waals surface area (Å²) in [6.07, 6.45) is 4.64. The first-order valence-corrected chi connectivity index (χ1v) is 8.93. The van der Waals surface area contributed by atoms with Crippen molar-refractivity contribution in [2.75, 3.05) is 40.0 Å². The van der Waals surface area contributed by atoms with E-state index >= 15 is 0 Å². The van der Waals surface area contributed by atoms with Gasteiger partial charge >= 0.3 is 0 Å². The largest absolute Gasteiger partial charge is 0.496 e. The molecule has 5 heteroatoms. The van der Waals surface area contributed by atoms with Gasteiger partial charge in [-0.2, -0.15) is 0 Å². The molecular weight excluding hydrogens is 318 g/mol. The number of methoxy groups -OCH3 is 1. The molecule has 1 fully saturated rings. The van der Waals surface area contributed by atoms with E-state index in [-0.39, 0.29) is 18.1 Å². The zero-order chi connectivity index (χ0) is 17.7. The molecule has 136 valence electrons. The van der Waals surface area contributed by atoms with Crippen molar-refractivity contribution in [2.45, 2.75) is 31.8 Å². The molecule has 0 saturated carbocycles. The molecule has 0 unspecified atom stereocenters. The lowest BCUT2D eigenvalue weighted by molar-refractivity contribution is -0.149. The summed E-state index contributed by atoms with van der Waals surface area (Å²) in [6, 6.07) is 8.02. The van der Waals surface area contributed by atoms with Crippen LogP contribution in [0.3, 0.4) is 0 Å². The first-order chi connectivity index (χ1) is 12.1. The molecule has 5 nitrogen and oxygen atoms in total. The summed E-state index contributed by atoms with van der Waals surface area (Å²) in [6.45, 7) is 4.97. The summed E-state index contributed by atoms with van der Waals surface area (Å²) < 4.78 is 16.7. The third-order valence-corrected chi connectivity index (χ3v) is 5.11. The lowest BCUT2D eigenvalue weighted by atomic mass is 9.97. The Bertz CT molecular complexity index is 634. The summed E-state index contributed by atoms with van der Waals surface area (Å²) in [5.41, 5.74) is 2.11. The van der Waals surface area contributed by atoms with Gasteiger partial charge in [0.05, 0.1) is 12.7 Å². The van der Waals surface area contributed by atoms with Gasteiger partial charge in [0.2, 0.25) is 5.91 Å². The van der Waals surface area contributed by atoms with E-state index in [4.69, 9.17) is 14.2 Å². The number of ether oxygens (including phenoxy) is 3. The maximum Gasteiger partial charge on any atom is 0.248 e. The molecule has 0 radical (unpaired) electrons. The van der Waals surface area contributed by atoms with Crippen molar-refractivity contribution in [3.05, 3.63) is 35.9 Å². The minimum absolute atomic E-state index is 0.0584. The zero-order valence-electron chi connectivity index (χ0n) is 15.1. The van der Waals surface area contributed by atoms with Gasteiger partial charge in [-0.15, -0.1) is 0 Å². The number of carbonyl (C=O) groups excluding carboxylic acids is 1. The van der Waals surface area contributed by atoms with E-state index in [9.17, 15) is 4.79 Å². The third-order valence-electron chi connectivity index (χ3n) is 5.11. The first kappa shape index (κ1) is 18.0. The summed E-state index contributed by atoms with van der Waals surface area (Å²) in [4.78, 5) is 14.3. The number of hydrogen-bond acceptors (Lipinski definition) is 4. The van der Waals surface area contributed by atoms with Crippen LogP contribution in [0.2, 0.25) is 0 Å². The predicted molar refractivity (Wildman–Crippen MR) is 96.6 cm³/mol. The van der Waals surface area contributed by atoms with Crippen LogP contribution in [0.1, 0.15) is 31.7 Å². The van der Waals surface area contributed by atoms with Gasteiger partial charge in [-0.1, -0.05) is 24.3 Å². The van der Waals surface area contributed by atoms with Crippen molar-refractivity contribution < 1.29 is 19.0 Å². The van der Waals surface area contributed by atoms with Crippen LogP contribution in [-0.2, 0) is 14.3 Å². The lowest BCUT2D eigenvalue weighted by Crippen LogP contribution is -2.42. The van der Waals surface area contributed by atoms with Crippen molar-refractivity contribution in [3.63, 3.8) is 0 Å². The highest BCUT2D eigenvalue weighted by molar-refractivity contribution is 5.80. The van der Waals surface area contributed by atoms with Crippen molar-refractivity contribution in [3.8, 4) is 5.75 Å². The molecule has 2 heterocycles. The van der Waals surface area contributed by atoms with Crippen molar-refractivity contribution in [1.29, 1.82) is 0 Å². The van der Waals surface area contributed by atoms with Crippen LogP contribution in [0.5, 0.6) is 5.75 Å². The Balaban J connectivity index is 1.56. The van der Waals surface area contributed by atoms with E-state index in [1.165, 1.54) is 5.57 Å². The van der Waals surface area contributed by atoms with Crippen LogP contribution in [0.25, 0.3) is 5.57 Å². The molecule has 0 spiro atoms. The van der Waals surface area contributed by atoms with E-state index in [0.29, 0.717) is 26.3 Å². The highest BCUT2D eigenvalue weighted by Crippen LogP contribution is 2.30. The highest BCUT2D eigenvalue weighted by atomic mass is 16.5. The van der Waals surface area contributed by atoms with Crippen LogP contribution in [0, 0.1) is 0 Å². The number of rotatable bonds is 5.